The monoisotopic (exact) mass is 465 g/mol. The average Bonchev–Trinajstić information content (AvgIpc) is 3.24. The Morgan fingerprint density at radius 2 is 1.85 bits per heavy atom. The molecule has 0 radical (unpaired) electrons. The van der Waals surface area contributed by atoms with Crippen molar-refractivity contribution < 1.29 is 18.7 Å². The van der Waals surface area contributed by atoms with Crippen LogP contribution in [0.15, 0.2) is 48.5 Å². The first-order valence-corrected chi connectivity index (χ1v) is 12.2. The summed E-state index contributed by atoms with van der Waals surface area (Å²) in [4.78, 5) is 32.7. The van der Waals surface area contributed by atoms with Crippen molar-refractivity contribution in [2.45, 2.75) is 37.3 Å². The molecule has 5 rings (SSSR count). The fraction of sp³-hybridized carbons (Fsp3) is 0.481. The summed E-state index contributed by atoms with van der Waals surface area (Å²) in [5.41, 5.74) is 2.23. The smallest absolute Gasteiger partial charge is 0.254 e. The SMILES string of the molecule is CN1C(=O)CCC[C@]12CN(C(=O)c1ccccc1CN1CCOCC1)C[C@H]2c1ccc(F)cc1. The quantitative estimate of drug-likeness (QED) is 0.696. The number of nitrogens with zero attached hydrogens (tertiary/aromatic N) is 3. The third-order valence-corrected chi connectivity index (χ3v) is 7.86. The second kappa shape index (κ2) is 9.47. The van der Waals surface area contributed by atoms with Gasteiger partial charge in [0.05, 0.1) is 18.8 Å². The Labute approximate surface area is 200 Å². The van der Waals surface area contributed by atoms with Crippen molar-refractivity contribution in [2.24, 2.45) is 0 Å². The van der Waals surface area contributed by atoms with Crippen molar-refractivity contribution in [1.82, 2.24) is 14.7 Å². The summed E-state index contributed by atoms with van der Waals surface area (Å²) in [6.45, 7) is 4.85. The van der Waals surface area contributed by atoms with Crippen LogP contribution in [0, 0.1) is 5.82 Å². The molecule has 0 aliphatic carbocycles. The maximum Gasteiger partial charge on any atom is 0.254 e. The van der Waals surface area contributed by atoms with Crippen LogP contribution >= 0.6 is 0 Å². The molecule has 2 aromatic rings. The highest BCUT2D eigenvalue weighted by atomic mass is 19.1. The van der Waals surface area contributed by atoms with Gasteiger partial charge in [0.1, 0.15) is 5.82 Å². The predicted octanol–water partition coefficient (Wildman–Crippen LogP) is 3.28. The molecular formula is C27H32FN3O3. The Morgan fingerprint density at radius 3 is 2.62 bits per heavy atom. The van der Waals surface area contributed by atoms with Gasteiger partial charge in [0.15, 0.2) is 0 Å². The van der Waals surface area contributed by atoms with Crippen molar-refractivity contribution in [1.29, 1.82) is 0 Å². The Bertz CT molecular complexity index is 1050. The number of carbonyl (C=O) groups is 2. The molecule has 3 heterocycles. The molecule has 3 saturated heterocycles. The molecule has 7 heteroatoms. The van der Waals surface area contributed by atoms with Gasteiger partial charge in [-0.2, -0.15) is 0 Å². The van der Waals surface area contributed by atoms with Gasteiger partial charge in [-0.1, -0.05) is 30.3 Å². The number of ether oxygens (including phenoxy) is 1. The van der Waals surface area contributed by atoms with Gasteiger partial charge in [-0.3, -0.25) is 14.5 Å². The number of benzene rings is 2. The number of piperidine rings is 1. The van der Waals surface area contributed by atoms with Crippen molar-refractivity contribution in [3.63, 3.8) is 0 Å². The molecule has 3 fully saturated rings. The zero-order chi connectivity index (χ0) is 23.7. The van der Waals surface area contributed by atoms with E-state index in [0.717, 1.165) is 37.1 Å². The zero-order valence-corrected chi connectivity index (χ0v) is 19.7. The van der Waals surface area contributed by atoms with Crippen LogP contribution in [0.2, 0.25) is 0 Å². The third kappa shape index (κ3) is 4.23. The lowest BCUT2D eigenvalue weighted by molar-refractivity contribution is -0.139. The number of rotatable bonds is 4. The van der Waals surface area contributed by atoms with Crippen LogP contribution in [0.25, 0.3) is 0 Å². The van der Waals surface area contributed by atoms with E-state index in [-0.39, 0.29) is 23.5 Å². The Balaban J connectivity index is 1.45. The zero-order valence-electron chi connectivity index (χ0n) is 19.7. The second-order valence-corrected chi connectivity index (χ2v) is 9.75. The van der Waals surface area contributed by atoms with Gasteiger partial charge in [-0.15, -0.1) is 0 Å². The van der Waals surface area contributed by atoms with Gasteiger partial charge in [-0.25, -0.2) is 4.39 Å². The number of hydrogen-bond donors (Lipinski definition) is 0. The molecule has 1 spiro atoms. The lowest BCUT2D eigenvalue weighted by Crippen LogP contribution is -2.57. The van der Waals surface area contributed by atoms with E-state index in [1.165, 1.54) is 12.1 Å². The van der Waals surface area contributed by atoms with Crippen LogP contribution in [0.5, 0.6) is 0 Å². The summed E-state index contributed by atoms with van der Waals surface area (Å²) in [7, 11) is 1.86. The Kier molecular flexibility index (Phi) is 6.40. The largest absolute Gasteiger partial charge is 0.379 e. The molecule has 3 aliphatic rings. The van der Waals surface area contributed by atoms with E-state index in [9.17, 15) is 14.0 Å². The van der Waals surface area contributed by atoms with Gasteiger partial charge >= 0.3 is 0 Å². The summed E-state index contributed by atoms with van der Waals surface area (Å²) >= 11 is 0. The second-order valence-electron chi connectivity index (χ2n) is 9.75. The maximum absolute atomic E-state index is 13.9. The topological polar surface area (TPSA) is 53.1 Å². The average molecular weight is 466 g/mol. The summed E-state index contributed by atoms with van der Waals surface area (Å²) < 4.78 is 19.1. The molecule has 0 aromatic heterocycles. The minimum atomic E-state index is -0.470. The van der Waals surface area contributed by atoms with E-state index in [0.29, 0.717) is 44.8 Å². The maximum atomic E-state index is 13.9. The van der Waals surface area contributed by atoms with Crippen molar-refractivity contribution in [2.75, 3.05) is 46.4 Å². The highest BCUT2D eigenvalue weighted by Gasteiger charge is 2.53. The molecular weight excluding hydrogens is 433 g/mol. The number of likely N-dealkylation sites (N-methyl/N-ethyl adjacent to an activating group) is 1. The van der Waals surface area contributed by atoms with Gasteiger partial charge < -0.3 is 14.5 Å². The van der Waals surface area contributed by atoms with E-state index in [2.05, 4.69) is 4.90 Å². The highest BCUT2D eigenvalue weighted by Crippen LogP contribution is 2.46. The molecule has 2 atom stereocenters. The molecule has 6 nitrogen and oxygen atoms in total. The number of halogens is 1. The van der Waals surface area contributed by atoms with E-state index in [4.69, 9.17) is 4.74 Å². The molecule has 2 aromatic carbocycles. The van der Waals surface area contributed by atoms with Crippen molar-refractivity contribution >= 4 is 11.8 Å². The van der Waals surface area contributed by atoms with Crippen LogP contribution < -0.4 is 0 Å². The first-order valence-electron chi connectivity index (χ1n) is 12.2. The van der Waals surface area contributed by atoms with Gasteiger partial charge in [0.2, 0.25) is 5.91 Å². The van der Waals surface area contributed by atoms with E-state index >= 15 is 0 Å². The van der Waals surface area contributed by atoms with Crippen LogP contribution in [-0.2, 0) is 16.1 Å². The highest BCUT2D eigenvalue weighted by molar-refractivity contribution is 5.96. The molecule has 0 saturated carbocycles. The normalized spacial score (nSPS) is 25.8. The van der Waals surface area contributed by atoms with Gasteiger partial charge in [0.25, 0.3) is 5.91 Å². The Hall–Kier alpha value is -2.77. The minimum absolute atomic E-state index is 0.000677. The predicted molar refractivity (Wildman–Crippen MR) is 127 cm³/mol. The summed E-state index contributed by atoms with van der Waals surface area (Å²) in [6, 6.07) is 14.4. The number of carbonyl (C=O) groups excluding carboxylic acids is 2. The van der Waals surface area contributed by atoms with Crippen LogP contribution in [-0.4, -0.2) is 78.5 Å². The molecule has 0 N–H and O–H groups in total. The van der Waals surface area contributed by atoms with E-state index in [1.807, 2.05) is 41.1 Å². The van der Waals surface area contributed by atoms with Crippen molar-refractivity contribution in [3.8, 4) is 0 Å². The lowest BCUT2D eigenvalue weighted by atomic mass is 9.75. The summed E-state index contributed by atoms with van der Waals surface area (Å²) in [5.74, 6) is -0.230. The molecule has 0 unspecified atom stereocenters. The van der Waals surface area contributed by atoms with E-state index < -0.39 is 5.54 Å². The lowest BCUT2D eigenvalue weighted by Gasteiger charge is -2.46. The number of morpholine rings is 1. The van der Waals surface area contributed by atoms with Crippen LogP contribution in [0.1, 0.15) is 46.7 Å². The first kappa shape index (κ1) is 23.0. The van der Waals surface area contributed by atoms with Crippen LogP contribution in [0.4, 0.5) is 4.39 Å². The minimum Gasteiger partial charge on any atom is -0.379 e. The van der Waals surface area contributed by atoms with Gasteiger partial charge in [-0.05, 0) is 42.2 Å². The number of likely N-dealkylation sites (tertiary alicyclic amines) is 2. The number of hydrogen-bond acceptors (Lipinski definition) is 4. The first-order chi connectivity index (χ1) is 16.5. The third-order valence-electron chi connectivity index (χ3n) is 7.86. The van der Waals surface area contributed by atoms with Crippen LogP contribution in [0.3, 0.4) is 0 Å². The fourth-order valence-electron chi connectivity index (χ4n) is 5.92. The standard InChI is InChI=1S/C27H32FN3O3/c1-29-25(32)7-4-12-27(29)19-31(18-24(27)20-8-10-22(28)11-9-20)26(33)23-6-3-2-5-21(23)17-30-13-15-34-16-14-30/h2-3,5-6,8-11,24H,4,7,12-19H2,1H3/t24-,27+/m0/s1. The molecule has 2 amide bonds. The summed E-state index contributed by atoms with van der Waals surface area (Å²) in [6.07, 6.45) is 2.16. The van der Waals surface area contributed by atoms with Gasteiger partial charge in [0, 0.05) is 57.7 Å². The Morgan fingerprint density at radius 1 is 1.12 bits per heavy atom. The molecule has 34 heavy (non-hydrogen) atoms. The molecule has 0 bridgehead atoms. The molecule has 3 aliphatic heterocycles. The number of amides is 2. The summed E-state index contributed by atoms with van der Waals surface area (Å²) in [5, 5.41) is 0. The van der Waals surface area contributed by atoms with E-state index in [1.54, 1.807) is 12.1 Å². The fourth-order valence-corrected chi connectivity index (χ4v) is 5.92. The molecule has 180 valence electrons. The van der Waals surface area contributed by atoms with Crippen molar-refractivity contribution in [3.05, 3.63) is 71.0 Å².